The second-order valence-corrected chi connectivity index (χ2v) is 5.14. The lowest BCUT2D eigenvalue weighted by Gasteiger charge is -2.15. The van der Waals surface area contributed by atoms with Crippen LogP contribution in [0.4, 0.5) is 5.82 Å². The zero-order valence-electron chi connectivity index (χ0n) is 11.5. The van der Waals surface area contributed by atoms with Crippen molar-refractivity contribution in [2.45, 2.75) is 13.3 Å². The Hall–Kier alpha value is -2.42. The molecule has 0 aromatic carbocycles. The Morgan fingerprint density at radius 1 is 1.20 bits per heavy atom. The van der Waals surface area contributed by atoms with Gasteiger partial charge in [0.2, 0.25) is 0 Å². The van der Waals surface area contributed by atoms with Gasteiger partial charge in [-0.25, -0.2) is 4.98 Å². The minimum Gasteiger partial charge on any atom is -0.384 e. The topological polar surface area (TPSA) is 51.8 Å². The SMILES string of the molecule is CC1C=CC=C(c2cc(N)nc(-c3ccccn3)c2)C1. The van der Waals surface area contributed by atoms with E-state index >= 15 is 0 Å². The molecule has 0 saturated heterocycles. The lowest BCUT2D eigenvalue weighted by Crippen LogP contribution is -2.00. The van der Waals surface area contributed by atoms with Crippen molar-refractivity contribution in [1.29, 1.82) is 0 Å². The van der Waals surface area contributed by atoms with Gasteiger partial charge in [-0.3, -0.25) is 4.98 Å². The van der Waals surface area contributed by atoms with E-state index in [4.69, 9.17) is 5.73 Å². The number of nitrogen functional groups attached to an aromatic ring is 1. The third-order valence-corrected chi connectivity index (χ3v) is 3.42. The van der Waals surface area contributed by atoms with Gasteiger partial charge in [-0.15, -0.1) is 0 Å². The highest BCUT2D eigenvalue weighted by Crippen LogP contribution is 2.29. The maximum atomic E-state index is 5.95. The molecule has 20 heavy (non-hydrogen) atoms. The molecule has 1 atom stereocenters. The quantitative estimate of drug-likeness (QED) is 0.898. The summed E-state index contributed by atoms with van der Waals surface area (Å²) in [6.45, 7) is 2.22. The fraction of sp³-hybridized carbons (Fsp3) is 0.176. The summed E-state index contributed by atoms with van der Waals surface area (Å²) in [5.74, 6) is 1.09. The highest BCUT2D eigenvalue weighted by atomic mass is 14.9. The van der Waals surface area contributed by atoms with Crippen LogP contribution in [0.25, 0.3) is 17.0 Å². The van der Waals surface area contributed by atoms with Crippen molar-refractivity contribution in [2.24, 2.45) is 5.92 Å². The van der Waals surface area contributed by atoms with Crippen molar-refractivity contribution in [2.75, 3.05) is 5.73 Å². The molecule has 3 nitrogen and oxygen atoms in total. The lowest BCUT2D eigenvalue weighted by molar-refractivity contribution is 0.749. The highest BCUT2D eigenvalue weighted by Gasteiger charge is 2.11. The van der Waals surface area contributed by atoms with E-state index in [-0.39, 0.29) is 0 Å². The second kappa shape index (κ2) is 5.29. The van der Waals surface area contributed by atoms with Crippen LogP contribution in [0.15, 0.2) is 54.8 Å². The van der Waals surface area contributed by atoms with Gasteiger partial charge in [-0.05, 0) is 47.7 Å². The van der Waals surface area contributed by atoms with E-state index in [0.717, 1.165) is 23.4 Å². The summed E-state index contributed by atoms with van der Waals surface area (Å²) in [7, 11) is 0. The molecule has 2 aromatic rings. The molecule has 1 aliphatic rings. The van der Waals surface area contributed by atoms with Gasteiger partial charge in [0.25, 0.3) is 0 Å². The third kappa shape index (κ3) is 2.62. The normalized spacial score (nSPS) is 17.9. The number of aromatic nitrogens is 2. The number of nitrogens with zero attached hydrogens (tertiary/aromatic N) is 2. The monoisotopic (exact) mass is 263 g/mol. The Morgan fingerprint density at radius 3 is 2.85 bits per heavy atom. The Kier molecular flexibility index (Phi) is 3.33. The second-order valence-electron chi connectivity index (χ2n) is 5.14. The minimum atomic E-state index is 0.534. The van der Waals surface area contributed by atoms with E-state index < -0.39 is 0 Å². The maximum Gasteiger partial charge on any atom is 0.124 e. The molecule has 0 spiro atoms. The molecule has 0 bridgehead atoms. The summed E-state index contributed by atoms with van der Waals surface area (Å²) in [6.07, 6.45) is 9.28. The van der Waals surface area contributed by atoms with Gasteiger partial charge in [0.05, 0.1) is 11.4 Å². The van der Waals surface area contributed by atoms with E-state index in [9.17, 15) is 0 Å². The summed E-state index contributed by atoms with van der Waals surface area (Å²) < 4.78 is 0. The Morgan fingerprint density at radius 2 is 2.10 bits per heavy atom. The smallest absolute Gasteiger partial charge is 0.124 e. The van der Waals surface area contributed by atoms with E-state index in [2.05, 4.69) is 41.2 Å². The predicted octanol–water partition coefficient (Wildman–Crippen LogP) is 3.71. The Balaban J connectivity index is 2.04. The molecule has 0 radical (unpaired) electrons. The van der Waals surface area contributed by atoms with Crippen LogP contribution in [-0.4, -0.2) is 9.97 Å². The van der Waals surface area contributed by atoms with Gasteiger partial charge in [0.15, 0.2) is 0 Å². The molecule has 0 amide bonds. The van der Waals surface area contributed by atoms with Gasteiger partial charge in [0.1, 0.15) is 5.82 Å². The largest absolute Gasteiger partial charge is 0.384 e. The van der Waals surface area contributed by atoms with Crippen LogP contribution < -0.4 is 5.73 Å². The van der Waals surface area contributed by atoms with Gasteiger partial charge >= 0.3 is 0 Å². The minimum absolute atomic E-state index is 0.534. The highest BCUT2D eigenvalue weighted by molar-refractivity contribution is 5.73. The first-order valence-corrected chi connectivity index (χ1v) is 6.79. The predicted molar refractivity (Wildman–Crippen MR) is 82.8 cm³/mol. The van der Waals surface area contributed by atoms with Crippen molar-refractivity contribution in [3.05, 3.63) is 60.3 Å². The Labute approximate surface area is 118 Å². The molecule has 0 saturated carbocycles. The third-order valence-electron chi connectivity index (χ3n) is 3.42. The molecular weight excluding hydrogens is 246 g/mol. The summed E-state index contributed by atoms with van der Waals surface area (Å²) >= 11 is 0. The number of nitrogens with two attached hydrogens (primary N) is 1. The van der Waals surface area contributed by atoms with Crippen LogP contribution in [0, 0.1) is 5.92 Å². The van der Waals surface area contributed by atoms with Crippen molar-refractivity contribution in [3.63, 3.8) is 0 Å². The fourth-order valence-electron chi connectivity index (χ4n) is 2.44. The molecule has 2 aromatic heterocycles. The summed E-state index contributed by atoms with van der Waals surface area (Å²) in [5.41, 5.74) is 10.1. The molecule has 0 aliphatic heterocycles. The van der Waals surface area contributed by atoms with Gasteiger partial charge in [-0.2, -0.15) is 0 Å². The number of hydrogen-bond acceptors (Lipinski definition) is 3. The van der Waals surface area contributed by atoms with Crippen molar-refractivity contribution in [3.8, 4) is 11.4 Å². The van der Waals surface area contributed by atoms with E-state index in [1.54, 1.807) is 6.20 Å². The zero-order chi connectivity index (χ0) is 13.9. The first-order valence-electron chi connectivity index (χ1n) is 6.79. The van der Waals surface area contributed by atoms with E-state index in [0.29, 0.717) is 11.7 Å². The molecule has 3 rings (SSSR count). The van der Waals surface area contributed by atoms with Crippen LogP contribution in [0.1, 0.15) is 18.9 Å². The average molecular weight is 263 g/mol. The molecule has 2 N–H and O–H groups in total. The maximum absolute atomic E-state index is 5.95. The molecule has 3 heteroatoms. The Bertz CT molecular complexity index is 672. The standard InChI is InChI=1S/C17H17N3/c1-12-5-4-6-13(9-12)14-10-16(20-17(18)11-14)15-7-2-3-8-19-15/h2-8,10-12H,9H2,1H3,(H2,18,20). The first kappa shape index (κ1) is 12.6. The molecule has 100 valence electrons. The van der Waals surface area contributed by atoms with Crippen molar-refractivity contribution in [1.82, 2.24) is 9.97 Å². The number of hydrogen-bond donors (Lipinski definition) is 1. The molecule has 0 fully saturated rings. The fourth-order valence-corrected chi connectivity index (χ4v) is 2.44. The number of pyridine rings is 2. The van der Waals surface area contributed by atoms with Crippen LogP contribution >= 0.6 is 0 Å². The van der Waals surface area contributed by atoms with Crippen LogP contribution in [0.2, 0.25) is 0 Å². The van der Waals surface area contributed by atoms with Gasteiger partial charge in [0, 0.05) is 6.20 Å². The molecule has 2 heterocycles. The van der Waals surface area contributed by atoms with Crippen LogP contribution in [-0.2, 0) is 0 Å². The summed E-state index contributed by atoms with van der Waals surface area (Å²) in [5, 5.41) is 0. The number of anilines is 1. The van der Waals surface area contributed by atoms with Crippen molar-refractivity contribution >= 4 is 11.4 Å². The first-order chi connectivity index (χ1) is 9.72. The van der Waals surface area contributed by atoms with Gasteiger partial charge < -0.3 is 5.73 Å². The number of allylic oxidation sites excluding steroid dienone is 4. The lowest BCUT2D eigenvalue weighted by atomic mass is 9.91. The van der Waals surface area contributed by atoms with Crippen molar-refractivity contribution < 1.29 is 0 Å². The van der Waals surface area contributed by atoms with E-state index in [1.165, 1.54) is 5.57 Å². The summed E-state index contributed by atoms with van der Waals surface area (Å²) in [6, 6.07) is 9.80. The molecular formula is C17H17N3. The average Bonchev–Trinajstić information content (AvgIpc) is 2.47. The summed E-state index contributed by atoms with van der Waals surface area (Å²) in [4.78, 5) is 8.73. The molecule has 1 unspecified atom stereocenters. The van der Waals surface area contributed by atoms with Gasteiger partial charge in [-0.1, -0.05) is 31.2 Å². The number of rotatable bonds is 2. The van der Waals surface area contributed by atoms with Crippen LogP contribution in [0.5, 0.6) is 0 Å². The van der Waals surface area contributed by atoms with Crippen LogP contribution in [0.3, 0.4) is 0 Å². The molecule has 1 aliphatic carbocycles. The van der Waals surface area contributed by atoms with E-state index in [1.807, 2.05) is 24.3 Å². The zero-order valence-corrected chi connectivity index (χ0v) is 11.5.